The van der Waals surface area contributed by atoms with Gasteiger partial charge >= 0.3 is 6.18 Å². The molecule has 0 heterocycles. The number of aryl methyl sites for hydroxylation is 1. The molecule has 1 amide bonds. The number of benzene rings is 1. The maximum Gasteiger partial charge on any atom is 0.416 e. The van der Waals surface area contributed by atoms with Gasteiger partial charge in [-0.25, -0.2) is 0 Å². The predicted molar refractivity (Wildman–Crippen MR) is 78.2 cm³/mol. The van der Waals surface area contributed by atoms with Crippen LogP contribution in [0.4, 0.5) is 13.2 Å². The first-order valence-corrected chi connectivity index (χ1v) is 7.35. The molecule has 0 aliphatic rings. The second kappa shape index (κ2) is 8.17. The molecule has 124 valence electrons. The fraction of sp³-hybridized carbons (Fsp3) is 0.562. The van der Waals surface area contributed by atoms with Gasteiger partial charge in [-0.3, -0.25) is 4.79 Å². The van der Waals surface area contributed by atoms with Gasteiger partial charge in [-0.2, -0.15) is 13.2 Å². The first-order valence-electron chi connectivity index (χ1n) is 7.35. The average Bonchev–Trinajstić information content (AvgIpc) is 2.49. The van der Waals surface area contributed by atoms with Crippen molar-refractivity contribution >= 4 is 5.91 Å². The van der Waals surface area contributed by atoms with Crippen molar-refractivity contribution in [2.75, 3.05) is 6.54 Å². The molecular weight excluding hydrogens is 295 g/mol. The van der Waals surface area contributed by atoms with Gasteiger partial charge in [-0.1, -0.05) is 32.4 Å². The number of nitrogens with one attached hydrogen (secondary N) is 1. The van der Waals surface area contributed by atoms with Crippen LogP contribution in [0.1, 0.15) is 37.8 Å². The van der Waals surface area contributed by atoms with Gasteiger partial charge in [0.05, 0.1) is 11.7 Å². The summed E-state index contributed by atoms with van der Waals surface area (Å²) in [5, 5.41) is 12.4. The van der Waals surface area contributed by atoms with E-state index in [9.17, 15) is 23.1 Å². The summed E-state index contributed by atoms with van der Waals surface area (Å²) < 4.78 is 37.2. The normalized spacial score (nSPS) is 14.5. The molecule has 2 N–H and O–H groups in total. The van der Waals surface area contributed by atoms with E-state index in [0.717, 1.165) is 18.6 Å². The van der Waals surface area contributed by atoms with Gasteiger partial charge in [0.2, 0.25) is 5.91 Å². The zero-order valence-electron chi connectivity index (χ0n) is 12.8. The zero-order chi connectivity index (χ0) is 16.8. The van der Waals surface area contributed by atoms with E-state index < -0.39 is 17.8 Å². The molecule has 0 spiro atoms. The predicted octanol–water partition coefficient (Wildman–Crippen LogP) is 3.16. The molecular formula is C16H22F3NO2. The van der Waals surface area contributed by atoms with Crippen LogP contribution in [0.15, 0.2) is 24.3 Å². The van der Waals surface area contributed by atoms with Crippen molar-refractivity contribution in [1.29, 1.82) is 0 Å². The number of hydrogen-bond donors (Lipinski definition) is 2. The molecule has 1 aromatic rings. The van der Waals surface area contributed by atoms with Gasteiger partial charge in [-0.05, 0) is 30.0 Å². The molecule has 3 nitrogen and oxygen atoms in total. The Morgan fingerprint density at radius 2 is 1.86 bits per heavy atom. The van der Waals surface area contributed by atoms with E-state index >= 15 is 0 Å². The van der Waals surface area contributed by atoms with Gasteiger partial charge < -0.3 is 10.4 Å². The molecule has 0 radical (unpaired) electrons. The average molecular weight is 317 g/mol. The molecule has 0 aliphatic carbocycles. The molecule has 1 rings (SSSR count). The Hall–Kier alpha value is -1.56. The smallest absolute Gasteiger partial charge is 0.391 e. The zero-order valence-corrected chi connectivity index (χ0v) is 12.8. The van der Waals surface area contributed by atoms with Crippen molar-refractivity contribution in [3.8, 4) is 0 Å². The number of hydrogen-bond acceptors (Lipinski definition) is 2. The topological polar surface area (TPSA) is 49.3 Å². The number of amides is 1. The number of aliphatic hydroxyl groups is 1. The summed E-state index contributed by atoms with van der Waals surface area (Å²) in [4.78, 5) is 11.7. The maximum absolute atomic E-state index is 12.4. The summed E-state index contributed by atoms with van der Waals surface area (Å²) in [5.41, 5.74) is -0.0250. The van der Waals surface area contributed by atoms with E-state index in [0.29, 0.717) is 12.0 Å². The lowest BCUT2D eigenvalue weighted by Crippen LogP contribution is -2.35. The fourth-order valence-corrected chi connectivity index (χ4v) is 1.90. The SMILES string of the molecule is CCC(C)C(O)CNC(=O)CCc1ccc(C(F)(F)F)cc1. The Morgan fingerprint density at radius 3 is 2.36 bits per heavy atom. The first kappa shape index (κ1) is 18.5. The fourth-order valence-electron chi connectivity index (χ4n) is 1.90. The summed E-state index contributed by atoms with van der Waals surface area (Å²) in [5.74, 6) is -0.113. The van der Waals surface area contributed by atoms with E-state index in [4.69, 9.17) is 0 Å². The second-order valence-corrected chi connectivity index (χ2v) is 5.45. The summed E-state index contributed by atoms with van der Waals surface area (Å²) in [6.07, 6.45) is -3.56. The maximum atomic E-state index is 12.4. The Kier molecular flexibility index (Phi) is 6.87. The Bertz CT molecular complexity index is 471. The standard InChI is InChI=1S/C16H22F3NO2/c1-3-11(2)14(21)10-20-15(22)9-6-12-4-7-13(8-5-12)16(17,18)19/h4-5,7-8,11,14,21H,3,6,9-10H2,1-2H3,(H,20,22). The Balaban J connectivity index is 2.38. The number of aliphatic hydroxyl groups excluding tert-OH is 1. The van der Waals surface area contributed by atoms with E-state index in [1.807, 2.05) is 13.8 Å². The number of carbonyl (C=O) groups excluding carboxylic acids is 1. The molecule has 0 aliphatic heterocycles. The molecule has 0 saturated heterocycles. The van der Waals surface area contributed by atoms with Crippen LogP contribution in [0.2, 0.25) is 0 Å². The molecule has 22 heavy (non-hydrogen) atoms. The highest BCUT2D eigenvalue weighted by Gasteiger charge is 2.29. The van der Waals surface area contributed by atoms with Crippen LogP contribution in [0.3, 0.4) is 0 Å². The van der Waals surface area contributed by atoms with Crippen LogP contribution in [0.25, 0.3) is 0 Å². The first-order chi connectivity index (χ1) is 10.2. The highest BCUT2D eigenvalue weighted by Crippen LogP contribution is 2.29. The van der Waals surface area contributed by atoms with Crippen LogP contribution >= 0.6 is 0 Å². The van der Waals surface area contributed by atoms with Crippen molar-refractivity contribution < 1.29 is 23.1 Å². The monoisotopic (exact) mass is 317 g/mol. The third-order valence-electron chi connectivity index (χ3n) is 3.73. The molecule has 0 saturated carbocycles. The summed E-state index contributed by atoms with van der Waals surface area (Å²) in [7, 11) is 0. The molecule has 1 aromatic carbocycles. The van der Waals surface area contributed by atoms with Crippen molar-refractivity contribution in [1.82, 2.24) is 5.32 Å². The number of rotatable bonds is 7. The summed E-state index contributed by atoms with van der Waals surface area (Å²) >= 11 is 0. The summed E-state index contributed by atoms with van der Waals surface area (Å²) in [6.45, 7) is 4.06. The van der Waals surface area contributed by atoms with Crippen LogP contribution < -0.4 is 5.32 Å². The van der Waals surface area contributed by atoms with Gasteiger partial charge in [0.15, 0.2) is 0 Å². The Morgan fingerprint density at radius 1 is 1.27 bits per heavy atom. The largest absolute Gasteiger partial charge is 0.416 e. The Labute approximate surface area is 128 Å². The lowest BCUT2D eigenvalue weighted by Gasteiger charge is -2.17. The third-order valence-corrected chi connectivity index (χ3v) is 3.73. The van der Waals surface area contributed by atoms with Crippen molar-refractivity contribution in [3.63, 3.8) is 0 Å². The second-order valence-electron chi connectivity index (χ2n) is 5.45. The highest BCUT2D eigenvalue weighted by atomic mass is 19.4. The number of carbonyl (C=O) groups is 1. The molecule has 0 fully saturated rings. The quantitative estimate of drug-likeness (QED) is 0.811. The van der Waals surface area contributed by atoms with Crippen LogP contribution in [0.5, 0.6) is 0 Å². The minimum atomic E-state index is -4.35. The minimum absolute atomic E-state index is 0.107. The molecule has 0 aromatic heterocycles. The van der Waals surface area contributed by atoms with Crippen LogP contribution in [-0.4, -0.2) is 23.7 Å². The van der Waals surface area contributed by atoms with Gasteiger partial charge in [0.25, 0.3) is 0 Å². The molecule has 0 bridgehead atoms. The van der Waals surface area contributed by atoms with E-state index in [-0.39, 0.29) is 24.8 Å². The molecule has 2 atom stereocenters. The lowest BCUT2D eigenvalue weighted by atomic mass is 10.0. The van der Waals surface area contributed by atoms with E-state index in [2.05, 4.69) is 5.32 Å². The summed E-state index contributed by atoms with van der Waals surface area (Å²) in [6, 6.07) is 4.79. The minimum Gasteiger partial charge on any atom is -0.391 e. The highest BCUT2D eigenvalue weighted by molar-refractivity contribution is 5.76. The van der Waals surface area contributed by atoms with Crippen molar-refractivity contribution in [3.05, 3.63) is 35.4 Å². The molecule has 2 unspecified atom stereocenters. The van der Waals surface area contributed by atoms with Gasteiger partial charge in [0.1, 0.15) is 0 Å². The van der Waals surface area contributed by atoms with E-state index in [1.54, 1.807) is 0 Å². The van der Waals surface area contributed by atoms with Crippen molar-refractivity contribution in [2.45, 2.75) is 45.4 Å². The van der Waals surface area contributed by atoms with Gasteiger partial charge in [0, 0.05) is 13.0 Å². The lowest BCUT2D eigenvalue weighted by molar-refractivity contribution is -0.137. The third kappa shape index (κ3) is 6.05. The van der Waals surface area contributed by atoms with Crippen molar-refractivity contribution in [2.24, 2.45) is 5.92 Å². The van der Waals surface area contributed by atoms with Crippen LogP contribution in [0, 0.1) is 5.92 Å². The van der Waals surface area contributed by atoms with Crippen LogP contribution in [-0.2, 0) is 17.4 Å². The van der Waals surface area contributed by atoms with Gasteiger partial charge in [-0.15, -0.1) is 0 Å². The number of halogens is 3. The number of alkyl halides is 3. The van der Waals surface area contributed by atoms with E-state index in [1.165, 1.54) is 12.1 Å². The molecule has 6 heteroatoms.